The van der Waals surface area contributed by atoms with Crippen LogP contribution in [0.4, 0.5) is 4.39 Å². The van der Waals surface area contributed by atoms with Crippen molar-refractivity contribution in [3.8, 4) is 0 Å². The first-order chi connectivity index (χ1) is 13.1. The molecule has 1 N–H and O–H groups in total. The number of hydrogen-bond donors (Lipinski definition) is 1. The molecule has 27 heavy (non-hydrogen) atoms. The van der Waals surface area contributed by atoms with Crippen LogP contribution < -0.4 is 0 Å². The minimum absolute atomic E-state index is 0.0738. The van der Waals surface area contributed by atoms with Gasteiger partial charge in [0.15, 0.2) is 5.78 Å². The largest absolute Gasteiger partial charge is 0.396 e. The van der Waals surface area contributed by atoms with E-state index in [9.17, 15) is 14.3 Å². The Kier molecular flexibility index (Phi) is 6.72. The highest BCUT2D eigenvalue weighted by Crippen LogP contribution is 2.20. The maximum absolute atomic E-state index is 14.0. The minimum atomic E-state index is -0.177. The predicted molar refractivity (Wildman–Crippen MR) is 104 cm³/mol. The molecule has 1 atom stereocenters. The van der Waals surface area contributed by atoms with E-state index in [4.69, 9.17) is 0 Å². The zero-order chi connectivity index (χ0) is 19.2. The molecule has 1 aliphatic rings. The molecule has 2 aromatic carbocycles. The number of halogens is 1. The Labute approximate surface area is 160 Å². The van der Waals surface area contributed by atoms with Crippen molar-refractivity contribution in [2.24, 2.45) is 0 Å². The van der Waals surface area contributed by atoms with E-state index in [1.54, 1.807) is 13.0 Å². The van der Waals surface area contributed by atoms with Crippen LogP contribution in [0.15, 0.2) is 48.5 Å². The van der Waals surface area contributed by atoms with E-state index in [2.05, 4.69) is 9.80 Å². The number of piperazine rings is 1. The average Bonchev–Trinajstić information content (AvgIpc) is 2.66. The number of aliphatic hydroxyl groups excluding tert-OH is 1. The smallest absolute Gasteiger partial charge is 0.159 e. The highest BCUT2D eigenvalue weighted by molar-refractivity contribution is 5.94. The van der Waals surface area contributed by atoms with Crippen LogP contribution in [0, 0.1) is 5.82 Å². The monoisotopic (exact) mass is 370 g/mol. The van der Waals surface area contributed by atoms with Crippen molar-refractivity contribution >= 4 is 5.78 Å². The minimum Gasteiger partial charge on any atom is -0.396 e. The van der Waals surface area contributed by atoms with Gasteiger partial charge in [-0.1, -0.05) is 36.4 Å². The summed E-state index contributed by atoms with van der Waals surface area (Å²) in [5.41, 5.74) is 2.55. The molecular formula is C22H27FN2O2. The molecule has 0 spiro atoms. The molecule has 144 valence electrons. The molecule has 1 saturated heterocycles. The summed E-state index contributed by atoms with van der Waals surface area (Å²) in [6.07, 6.45) is 0.665. The van der Waals surface area contributed by atoms with Crippen LogP contribution in [0.25, 0.3) is 0 Å². The lowest BCUT2D eigenvalue weighted by Gasteiger charge is -2.41. The maximum atomic E-state index is 14.0. The Hall–Kier alpha value is -2.08. The number of rotatable bonds is 7. The molecule has 0 unspecified atom stereocenters. The number of nitrogens with zero attached hydrogens (tertiary/aromatic N) is 2. The Morgan fingerprint density at radius 1 is 1.15 bits per heavy atom. The van der Waals surface area contributed by atoms with Crippen LogP contribution in [0.5, 0.6) is 0 Å². The van der Waals surface area contributed by atoms with E-state index in [0.717, 1.165) is 37.3 Å². The van der Waals surface area contributed by atoms with Gasteiger partial charge in [0.05, 0.1) is 0 Å². The van der Waals surface area contributed by atoms with E-state index in [0.29, 0.717) is 18.5 Å². The Morgan fingerprint density at radius 3 is 2.70 bits per heavy atom. The molecule has 0 aromatic heterocycles. The van der Waals surface area contributed by atoms with Crippen molar-refractivity contribution in [2.45, 2.75) is 32.5 Å². The maximum Gasteiger partial charge on any atom is 0.159 e. The van der Waals surface area contributed by atoms with Crippen molar-refractivity contribution in [2.75, 3.05) is 26.2 Å². The number of aliphatic hydroxyl groups is 1. The molecule has 1 fully saturated rings. The first-order valence-electron chi connectivity index (χ1n) is 9.47. The summed E-state index contributed by atoms with van der Waals surface area (Å²) >= 11 is 0. The van der Waals surface area contributed by atoms with Crippen LogP contribution >= 0.6 is 0 Å². The van der Waals surface area contributed by atoms with Gasteiger partial charge in [0, 0.05) is 56.5 Å². The molecule has 2 aromatic rings. The summed E-state index contributed by atoms with van der Waals surface area (Å²) in [6, 6.07) is 14.8. The summed E-state index contributed by atoms with van der Waals surface area (Å²) in [5, 5.41) is 9.47. The van der Waals surface area contributed by atoms with E-state index >= 15 is 0 Å². The van der Waals surface area contributed by atoms with E-state index < -0.39 is 0 Å². The normalized spacial score (nSPS) is 18.6. The zero-order valence-corrected chi connectivity index (χ0v) is 15.8. The number of Topliss-reactive ketones (excluding diaryl/α,β-unsaturated/α-hetero) is 1. The van der Waals surface area contributed by atoms with Crippen LogP contribution in [0.3, 0.4) is 0 Å². The first-order valence-corrected chi connectivity index (χ1v) is 9.47. The highest BCUT2D eigenvalue weighted by Gasteiger charge is 2.27. The fraction of sp³-hybridized carbons (Fsp3) is 0.409. The second-order valence-electron chi connectivity index (χ2n) is 7.22. The topological polar surface area (TPSA) is 43.8 Å². The fourth-order valence-corrected chi connectivity index (χ4v) is 3.72. The Morgan fingerprint density at radius 2 is 1.96 bits per heavy atom. The molecule has 5 heteroatoms. The summed E-state index contributed by atoms with van der Waals surface area (Å²) in [4.78, 5) is 16.2. The van der Waals surface area contributed by atoms with Gasteiger partial charge in [0.2, 0.25) is 0 Å². The van der Waals surface area contributed by atoms with Gasteiger partial charge < -0.3 is 5.11 Å². The standard InChI is InChI=1S/C22H27FN2O2/c1-17(27)19-7-4-5-18(13-19)14-24-10-11-25(21(16-24)9-12-26)15-20-6-2-3-8-22(20)23/h2-8,13,21,26H,9-12,14-16H2,1H3/t21-/m0/s1. The van der Waals surface area contributed by atoms with Crippen molar-refractivity contribution in [1.29, 1.82) is 0 Å². The van der Waals surface area contributed by atoms with Crippen molar-refractivity contribution in [3.05, 3.63) is 71.0 Å². The number of carbonyl (C=O) groups excluding carboxylic acids is 1. The lowest BCUT2D eigenvalue weighted by atomic mass is 10.0. The van der Waals surface area contributed by atoms with Crippen LogP contribution in [-0.2, 0) is 13.1 Å². The van der Waals surface area contributed by atoms with Gasteiger partial charge >= 0.3 is 0 Å². The number of benzene rings is 2. The van der Waals surface area contributed by atoms with E-state index in [-0.39, 0.29) is 24.2 Å². The van der Waals surface area contributed by atoms with Gasteiger partial charge in [0.1, 0.15) is 5.82 Å². The van der Waals surface area contributed by atoms with Crippen LogP contribution in [-0.4, -0.2) is 53.0 Å². The van der Waals surface area contributed by atoms with Gasteiger partial charge in [0.25, 0.3) is 0 Å². The van der Waals surface area contributed by atoms with Crippen molar-refractivity contribution in [1.82, 2.24) is 9.80 Å². The third kappa shape index (κ3) is 5.22. The fourth-order valence-electron chi connectivity index (χ4n) is 3.72. The number of carbonyl (C=O) groups is 1. The Bertz CT molecular complexity index is 780. The molecule has 0 aliphatic carbocycles. The molecule has 0 radical (unpaired) electrons. The zero-order valence-electron chi connectivity index (χ0n) is 15.8. The summed E-state index contributed by atoms with van der Waals surface area (Å²) in [5.74, 6) is -0.103. The number of hydrogen-bond acceptors (Lipinski definition) is 4. The third-order valence-electron chi connectivity index (χ3n) is 5.22. The second kappa shape index (κ2) is 9.22. The first kappa shape index (κ1) is 19.7. The molecule has 0 bridgehead atoms. The number of ketones is 1. The van der Waals surface area contributed by atoms with Gasteiger partial charge in [-0.15, -0.1) is 0 Å². The van der Waals surface area contributed by atoms with Gasteiger partial charge in [-0.25, -0.2) is 4.39 Å². The lowest BCUT2D eigenvalue weighted by Crippen LogP contribution is -2.52. The third-order valence-corrected chi connectivity index (χ3v) is 5.22. The summed E-state index contributed by atoms with van der Waals surface area (Å²) < 4.78 is 14.0. The van der Waals surface area contributed by atoms with Gasteiger partial charge in [-0.2, -0.15) is 0 Å². The molecule has 0 saturated carbocycles. The molecule has 4 nitrogen and oxygen atoms in total. The van der Waals surface area contributed by atoms with E-state index in [1.165, 1.54) is 6.07 Å². The molecule has 1 aliphatic heterocycles. The predicted octanol–water partition coefficient (Wildman–Crippen LogP) is 3.10. The van der Waals surface area contributed by atoms with Crippen molar-refractivity contribution < 1.29 is 14.3 Å². The SMILES string of the molecule is CC(=O)c1cccc(CN2CCN(Cc3ccccc3F)[C@@H](CCO)C2)c1. The van der Waals surface area contributed by atoms with Crippen LogP contribution in [0.2, 0.25) is 0 Å². The summed E-state index contributed by atoms with van der Waals surface area (Å²) in [7, 11) is 0. The average molecular weight is 370 g/mol. The molecular weight excluding hydrogens is 343 g/mol. The second-order valence-corrected chi connectivity index (χ2v) is 7.22. The quantitative estimate of drug-likeness (QED) is 0.761. The van der Waals surface area contributed by atoms with E-state index in [1.807, 2.05) is 36.4 Å². The van der Waals surface area contributed by atoms with Crippen molar-refractivity contribution in [3.63, 3.8) is 0 Å². The highest BCUT2D eigenvalue weighted by atomic mass is 19.1. The Balaban J connectivity index is 1.66. The van der Waals surface area contributed by atoms with Gasteiger partial charge in [-0.3, -0.25) is 14.6 Å². The van der Waals surface area contributed by atoms with Gasteiger partial charge in [-0.05, 0) is 31.0 Å². The van der Waals surface area contributed by atoms with Crippen LogP contribution in [0.1, 0.15) is 34.8 Å². The lowest BCUT2D eigenvalue weighted by molar-refractivity contribution is 0.0493. The molecule has 0 amide bonds. The molecule has 3 rings (SSSR count). The summed E-state index contributed by atoms with van der Waals surface area (Å²) in [6.45, 7) is 5.55. The molecule has 1 heterocycles.